The van der Waals surface area contributed by atoms with Gasteiger partial charge in [-0.25, -0.2) is 0 Å². The van der Waals surface area contributed by atoms with Crippen LogP contribution in [0.1, 0.15) is 10.4 Å². The molecule has 0 aliphatic carbocycles. The molecule has 0 spiro atoms. The molecule has 0 saturated carbocycles. The van der Waals surface area contributed by atoms with Crippen molar-refractivity contribution in [1.82, 2.24) is 4.57 Å². The molecular weight excluding hydrogens is 217 g/mol. The third kappa shape index (κ3) is 2.47. The Morgan fingerprint density at radius 1 is 1.25 bits per heavy atom. The summed E-state index contributed by atoms with van der Waals surface area (Å²) in [5.41, 5.74) is 0.457. The van der Waals surface area contributed by atoms with Crippen LogP contribution in [-0.4, -0.2) is 15.6 Å². The number of hydrogen-bond acceptors (Lipinski definition) is 3. The summed E-state index contributed by atoms with van der Waals surface area (Å²) in [7, 11) is 0. The molecule has 0 atom stereocenters. The molecule has 0 amide bonds. The molecule has 1 aromatic heterocycles. The van der Waals surface area contributed by atoms with Crippen LogP contribution in [0.15, 0.2) is 42.7 Å². The molecule has 0 bridgehead atoms. The van der Waals surface area contributed by atoms with Gasteiger partial charge in [0.25, 0.3) is 0 Å². The molecule has 5 heteroatoms. The van der Waals surface area contributed by atoms with Gasteiger partial charge in [0.1, 0.15) is 5.75 Å². The van der Waals surface area contributed by atoms with E-state index in [1.165, 1.54) is 12.1 Å². The number of nitrogens with zero attached hydrogens (tertiary/aromatic N) is 1. The number of aromatic nitrogens is 1. The fourth-order valence-electron chi connectivity index (χ4n) is 1.35. The monoisotopic (exact) mass is 225 g/mol. The molecule has 0 aliphatic rings. The Morgan fingerprint density at radius 3 is 2.44 bits per heavy atom. The van der Waals surface area contributed by atoms with Gasteiger partial charge in [-0.3, -0.25) is 0 Å². The number of carbonyl (C=O) groups is 1. The number of phenols is 1. The van der Waals surface area contributed by atoms with Crippen LogP contribution >= 0.6 is 0 Å². The van der Waals surface area contributed by atoms with Crippen molar-refractivity contribution in [2.75, 3.05) is 0 Å². The number of hydrogen-bond donors (Lipinski definition) is 1. The van der Waals surface area contributed by atoms with Crippen molar-refractivity contribution < 1.29 is 44.6 Å². The van der Waals surface area contributed by atoms with Crippen molar-refractivity contribution in [3.05, 3.63) is 48.3 Å². The Balaban J connectivity index is 0.00000128. The van der Waals surface area contributed by atoms with Gasteiger partial charge in [0.2, 0.25) is 0 Å². The Morgan fingerprint density at radius 2 is 1.88 bits per heavy atom. The minimum absolute atomic E-state index is 0. The standard InChI is InChI=1S/C11H9NO3.Na/c13-10-4-3-8(7-9(10)11(14)15)12-5-1-2-6-12;/h1-7,13H,(H,14,15);/q;+1/p-1. The summed E-state index contributed by atoms with van der Waals surface area (Å²) in [6, 6.07) is 7.98. The van der Waals surface area contributed by atoms with Gasteiger partial charge in [-0.1, -0.05) is 0 Å². The summed E-state index contributed by atoms with van der Waals surface area (Å²) in [5.74, 6) is -1.67. The van der Waals surface area contributed by atoms with E-state index in [1.54, 1.807) is 23.0 Å². The van der Waals surface area contributed by atoms with E-state index in [0.29, 0.717) is 5.69 Å². The van der Waals surface area contributed by atoms with E-state index in [9.17, 15) is 15.0 Å². The number of carboxylic acids is 1. The number of benzene rings is 1. The summed E-state index contributed by atoms with van der Waals surface area (Å²) >= 11 is 0. The maximum absolute atomic E-state index is 10.7. The van der Waals surface area contributed by atoms with E-state index >= 15 is 0 Å². The summed E-state index contributed by atoms with van der Waals surface area (Å²) in [6.07, 6.45) is 3.57. The van der Waals surface area contributed by atoms with Gasteiger partial charge in [-0.2, -0.15) is 0 Å². The van der Waals surface area contributed by atoms with Crippen molar-refractivity contribution in [3.63, 3.8) is 0 Å². The second-order valence-electron chi connectivity index (χ2n) is 3.08. The Labute approximate surface area is 114 Å². The van der Waals surface area contributed by atoms with Crippen molar-refractivity contribution in [2.24, 2.45) is 0 Å². The normalized spacial score (nSPS) is 9.50. The molecule has 16 heavy (non-hydrogen) atoms. The van der Waals surface area contributed by atoms with E-state index in [1.807, 2.05) is 12.1 Å². The van der Waals surface area contributed by atoms with Gasteiger partial charge >= 0.3 is 29.6 Å². The number of aromatic hydroxyl groups is 1. The number of aromatic carboxylic acids is 1. The van der Waals surface area contributed by atoms with E-state index in [0.717, 1.165) is 0 Å². The summed E-state index contributed by atoms with van der Waals surface area (Å²) in [4.78, 5) is 10.7. The summed E-state index contributed by atoms with van der Waals surface area (Å²) in [5, 5.41) is 19.9. The Hall–Kier alpha value is -1.23. The first-order valence-corrected chi connectivity index (χ1v) is 4.36. The zero-order valence-corrected chi connectivity index (χ0v) is 10.8. The van der Waals surface area contributed by atoms with Gasteiger partial charge in [0.05, 0.1) is 5.97 Å². The molecule has 0 unspecified atom stereocenters. The molecule has 0 aliphatic heterocycles. The van der Waals surface area contributed by atoms with Gasteiger partial charge in [-0.15, -0.1) is 0 Å². The topological polar surface area (TPSA) is 65.3 Å². The molecule has 4 nitrogen and oxygen atoms in total. The predicted octanol–water partition coefficient (Wildman–Crippen LogP) is -2.45. The van der Waals surface area contributed by atoms with Crippen LogP contribution in [0, 0.1) is 0 Å². The second kappa shape index (κ2) is 5.21. The van der Waals surface area contributed by atoms with E-state index < -0.39 is 5.97 Å². The number of carboxylic acid groups (broad SMARTS) is 1. The summed E-state index contributed by atoms with van der Waals surface area (Å²) < 4.78 is 1.74. The van der Waals surface area contributed by atoms with Crippen molar-refractivity contribution in [3.8, 4) is 11.4 Å². The predicted molar refractivity (Wildman–Crippen MR) is 51.8 cm³/mol. The van der Waals surface area contributed by atoms with E-state index in [-0.39, 0.29) is 40.9 Å². The number of carbonyl (C=O) groups excluding carboxylic acids is 1. The van der Waals surface area contributed by atoms with Crippen molar-refractivity contribution in [1.29, 1.82) is 0 Å². The van der Waals surface area contributed by atoms with Crippen LogP contribution in [-0.2, 0) is 0 Å². The third-order valence-corrected chi connectivity index (χ3v) is 2.10. The SMILES string of the molecule is O=C([O-])c1cc(-n2cccc2)ccc1O.[Na+]. The third-order valence-electron chi connectivity index (χ3n) is 2.10. The van der Waals surface area contributed by atoms with Crippen molar-refractivity contribution in [2.45, 2.75) is 0 Å². The van der Waals surface area contributed by atoms with Crippen LogP contribution in [0.2, 0.25) is 0 Å². The average Bonchev–Trinajstić information content (AvgIpc) is 2.71. The van der Waals surface area contributed by atoms with Crippen LogP contribution in [0.5, 0.6) is 5.75 Å². The molecule has 0 radical (unpaired) electrons. The fraction of sp³-hybridized carbons (Fsp3) is 0. The van der Waals surface area contributed by atoms with Crippen LogP contribution < -0.4 is 34.7 Å². The quantitative estimate of drug-likeness (QED) is 0.577. The smallest absolute Gasteiger partial charge is 0.545 e. The van der Waals surface area contributed by atoms with Gasteiger partial charge in [0, 0.05) is 23.6 Å². The zero-order chi connectivity index (χ0) is 10.8. The maximum Gasteiger partial charge on any atom is 1.00 e. The molecule has 1 N–H and O–H groups in total. The molecule has 1 aromatic carbocycles. The summed E-state index contributed by atoms with van der Waals surface area (Å²) in [6.45, 7) is 0. The number of rotatable bonds is 2. The molecule has 2 rings (SSSR count). The first kappa shape index (κ1) is 12.8. The largest absolute Gasteiger partial charge is 1.00 e. The van der Waals surface area contributed by atoms with Crippen LogP contribution in [0.4, 0.5) is 0 Å². The minimum atomic E-state index is -1.39. The second-order valence-corrected chi connectivity index (χ2v) is 3.08. The van der Waals surface area contributed by atoms with Crippen LogP contribution in [0.3, 0.4) is 0 Å². The maximum atomic E-state index is 10.7. The van der Waals surface area contributed by atoms with E-state index in [2.05, 4.69) is 0 Å². The molecule has 0 saturated heterocycles. The minimum Gasteiger partial charge on any atom is -0.545 e. The first-order valence-electron chi connectivity index (χ1n) is 4.36. The van der Waals surface area contributed by atoms with Gasteiger partial charge in [0.15, 0.2) is 0 Å². The molecule has 1 heterocycles. The first-order chi connectivity index (χ1) is 7.18. The molecule has 2 aromatic rings. The zero-order valence-electron chi connectivity index (χ0n) is 8.75. The molecular formula is C11H8NNaO3. The van der Waals surface area contributed by atoms with Crippen molar-refractivity contribution >= 4 is 5.97 Å². The Kier molecular flexibility index (Phi) is 4.18. The van der Waals surface area contributed by atoms with E-state index in [4.69, 9.17) is 0 Å². The fourth-order valence-corrected chi connectivity index (χ4v) is 1.35. The van der Waals surface area contributed by atoms with Gasteiger partial charge < -0.3 is 19.6 Å². The van der Waals surface area contributed by atoms with Gasteiger partial charge in [-0.05, 0) is 30.3 Å². The van der Waals surface area contributed by atoms with Crippen LogP contribution in [0.25, 0.3) is 5.69 Å². The molecule has 0 fully saturated rings. The molecule has 76 valence electrons. The Bertz CT molecular complexity index is 494. The average molecular weight is 225 g/mol.